The molecule has 0 bridgehead atoms. The van der Waals surface area contributed by atoms with E-state index in [4.69, 9.17) is 9.47 Å². The van der Waals surface area contributed by atoms with Crippen LogP contribution in [0.1, 0.15) is 43.6 Å². The van der Waals surface area contributed by atoms with Gasteiger partial charge in [-0.05, 0) is 23.5 Å². The Labute approximate surface area is 148 Å². The van der Waals surface area contributed by atoms with Crippen molar-refractivity contribution in [2.24, 2.45) is 5.92 Å². The van der Waals surface area contributed by atoms with Gasteiger partial charge in [0.15, 0.2) is 12.2 Å². The van der Waals surface area contributed by atoms with Gasteiger partial charge in [-0.2, -0.15) is 0 Å². The molecule has 4 atom stereocenters. The van der Waals surface area contributed by atoms with Crippen molar-refractivity contribution in [1.29, 1.82) is 0 Å². The summed E-state index contributed by atoms with van der Waals surface area (Å²) < 4.78 is 11.8. The van der Waals surface area contributed by atoms with Crippen molar-refractivity contribution in [3.8, 4) is 0 Å². The smallest absolute Gasteiger partial charge is 0.338 e. The van der Waals surface area contributed by atoms with Crippen LogP contribution in [0.25, 0.3) is 0 Å². The molecule has 0 amide bonds. The van der Waals surface area contributed by atoms with Gasteiger partial charge in [-0.15, -0.1) is 0 Å². The quantitative estimate of drug-likeness (QED) is 0.841. The number of hydrogen-bond acceptors (Lipinski definition) is 4. The molecule has 0 radical (unpaired) electrons. The Hall–Kier alpha value is -2.17. The van der Waals surface area contributed by atoms with Gasteiger partial charge < -0.3 is 14.6 Å². The summed E-state index contributed by atoms with van der Waals surface area (Å²) in [6.45, 7) is 4.00. The fourth-order valence-corrected chi connectivity index (χ4v) is 3.17. The van der Waals surface area contributed by atoms with Crippen molar-refractivity contribution in [3.05, 3.63) is 71.8 Å². The maximum absolute atomic E-state index is 12.5. The molecule has 2 aromatic rings. The van der Waals surface area contributed by atoms with Crippen molar-refractivity contribution in [1.82, 2.24) is 0 Å². The molecule has 1 heterocycles. The minimum atomic E-state index is -0.965. The van der Waals surface area contributed by atoms with Crippen LogP contribution in [0, 0.1) is 5.92 Å². The maximum Gasteiger partial charge on any atom is 0.338 e. The molecular weight excluding hydrogens is 316 g/mol. The predicted octanol–water partition coefficient (Wildman–Crippen LogP) is 3.82. The monoisotopic (exact) mass is 340 g/mol. The molecule has 0 aromatic heterocycles. The van der Waals surface area contributed by atoms with Crippen LogP contribution in [-0.4, -0.2) is 23.3 Å². The van der Waals surface area contributed by atoms with Gasteiger partial charge in [0.25, 0.3) is 0 Å². The van der Waals surface area contributed by atoms with E-state index in [-0.39, 0.29) is 5.92 Å². The first-order valence-electron chi connectivity index (χ1n) is 8.70. The topological polar surface area (TPSA) is 55.8 Å². The van der Waals surface area contributed by atoms with Gasteiger partial charge in [-0.3, -0.25) is 0 Å². The van der Waals surface area contributed by atoms with Crippen molar-refractivity contribution in [2.75, 3.05) is 0 Å². The predicted molar refractivity (Wildman–Crippen MR) is 94.8 cm³/mol. The zero-order valence-electron chi connectivity index (χ0n) is 14.5. The zero-order valence-corrected chi connectivity index (χ0v) is 14.5. The Balaban J connectivity index is 1.91. The summed E-state index contributed by atoms with van der Waals surface area (Å²) in [5.41, 5.74) is 1.80. The van der Waals surface area contributed by atoms with Crippen LogP contribution < -0.4 is 0 Å². The molecule has 132 valence electrons. The van der Waals surface area contributed by atoms with E-state index in [1.165, 1.54) is 0 Å². The largest absolute Gasteiger partial charge is 0.452 e. The second-order valence-corrected chi connectivity index (χ2v) is 6.85. The highest BCUT2D eigenvalue weighted by molar-refractivity contribution is 5.76. The summed E-state index contributed by atoms with van der Waals surface area (Å²) in [7, 11) is 0. The molecule has 25 heavy (non-hydrogen) atoms. The number of carbonyl (C=O) groups excluding carboxylic acids is 1. The lowest BCUT2D eigenvalue weighted by molar-refractivity contribution is -0.217. The van der Waals surface area contributed by atoms with Crippen LogP contribution in [0.4, 0.5) is 0 Å². The van der Waals surface area contributed by atoms with Crippen LogP contribution >= 0.6 is 0 Å². The van der Waals surface area contributed by atoms with Gasteiger partial charge in [-0.1, -0.05) is 74.5 Å². The highest BCUT2D eigenvalue weighted by Gasteiger charge is 2.43. The minimum absolute atomic E-state index is 0.258. The molecule has 0 saturated carbocycles. The number of hydrogen-bond donors (Lipinski definition) is 1. The van der Waals surface area contributed by atoms with E-state index in [0.29, 0.717) is 6.42 Å². The number of rotatable bonds is 5. The van der Waals surface area contributed by atoms with Crippen molar-refractivity contribution in [2.45, 2.75) is 44.7 Å². The SMILES string of the molecule is CC(C)C[C@H](O)[C@@H]1O[C@@H](c2ccccc2)[C@H](c2ccccc2)OC1=O. The summed E-state index contributed by atoms with van der Waals surface area (Å²) in [6.07, 6.45) is -2.34. The highest BCUT2D eigenvalue weighted by Crippen LogP contribution is 2.40. The van der Waals surface area contributed by atoms with E-state index >= 15 is 0 Å². The second kappa shape index (κ2) is 7.81. The summed E-state index contributed by atoms with van der Waals surface area (Å²) in [5.74, 6) is -0.248. The molecule has 0 spiro atoms. The normalized spacial score (nSPS) is 24.8. The van der Waals surface area contributed by atoms with Gasteiger partial charge >= 0.3 is 5.97 Å². The molecule has 1 saturated heterocycles. The third kappa shape index (κ3) is 4.09. The Morgan fingerprint density at radius 2 is 1.44 bits per heavy atom. The van der Waals surface area contributed by atoms with Crippen LogP contribution in [0.5, 0.6) is 0 Å². The highest BCUT2D eigenvalue weighted by atomic mass is 16.6. The van der Waals surface area contributed by atoms with Gasteiger partial charge in [0.1, 0.15) is 6.10 Å². The first-order chi connectivity index (χ1) is 12.1. The maximum atomic E-state index is 12.5. The third-order valence-electron chi connectivity index (χ3n) is 4.36. The van der Waals surface area contributed by atoms with E-state index < -0.39 is 30.4 Å². The number of esters is 1. The van der Waals surface area contributed by atoms with Crippen molar-refractivity contribution >= 4 is 5.97 Å². The second-order valence-electron chi connectivity index (χ2n) is 6.85. The molecule has 1 aliphatic rings. The summed E-state index contributed by atoms with van der Waals surface area (Å²) in [6, 6.07) is 19.3. The molecule has 4 heteroatoms. The van der Waals surface area contributed by atoms with Gasteiger partial charge in [0, 0.05) is 0 Å². The minimum Gasteiger partial charge on any atom is -0.452 e. The lowest BCUT2D eigenvalue weighted by Gasteiger charge is -2.38. The average molecular weight is 340 g/mol. The molecule has 3 rings (SSSR count). The summed E-state index contributed by atoms with van der Waals surface area (Å²) >= 11 is 0. The summed E-state index contributed by atoms with van der Waals surface area (Å²) in [5, 5.41) is 10.4. The Morgan fingerprint density at radius 3 is 1.96 bits per heavy atom. The van der Waals surface area contributed by atoms with Gasteiger partial charge in [0.05, 0.1) is 6.10 Å². The van der Waals surface area contributed by atoms with Crippen LogP contribution in [-0.2, 0) is 14.3 Å². The first kappa shape index (κ1) is 17.6. The van der Waals surface area contributed by atoms with Crippen LogP contribution in [0.2, 0.25) is 0 Å². The standard InChI is InChI=1S/C21H24O4/c1-14(2)13-17(22)20-21(23)25-19(16-11-7-4-8-12-16)18(24-20)15-9-5-3-6-10-15/h3-12,14,17-20,22H,13H2,1-2H3/t17-,18-,19-,20-/m0/s1. The van der Waals surface area contributed by atoms with Crippen LogP contribution in [0.15, 0.2) is 60.7 Å². The molecule has 1 fully saturated rings. The zero-order chi connectivity index (χ0) is 17.8. The number of carbonyl (C=O) groups is 1. The fourth-order valence-electron chi connectivity index (χ4n) is 3.17. The summed E-state index contributed by atoms with van der Waals surface area (Å²) in [4.78, 5) is 12.5. The Kier molecular flexibility index (Phi) is 5.51. The van der Waals surface area contributed by atoms with Crippen LogP contribution in [0.3, 0.4) is 0 Å². The molecule has 0 unspecified atom stereocenters. The Morgan fingerprint density at radius 1 is 0.920 bits per heavy atom. The fraction of sp³-hybridized carbons (Fsp3) is 0.381. The van der Waals surface area contributed by atoms with Gasteiger partial charge in [0.2, 0.25) is 0 Å². The number of cyclic esters (lactones) is 1. The van der Waals surface area contributed by atoms with E-state index in [1.54, 1.807) is 0 Å². The lowest BCUT2D eigenvalue weighted by atomic mass is 9.94. The van der Waals surface area contributed by atoms with E-state index in [9.17, 15) is 9.90 Å². The van der Waals surface area contributed by atoms with E-state index in [0.717, 1.165) is 11.1 Å². The number of benzene rings is 2. The van der Waals surface area contributed by atoms with Crippen molar-refractivity contribution < 1.29 is 19.4 Å². The molecule has 4 nitrogen and oxygen atoms in total. The van der Waals surface area contributed by atoms with E-state index in [2.05, 4.69) is 0 Å². The number of aliphatic hydroxyl groups excluding tert-OH is 1. The molecule has 0 aliphatic carbocycles. The van der Waals surface area contributed by atoms with E-state index in [1.807, 2.05) is 74.5 Å². The molecule has 1 N–H and O–H groups in total. The average Bonchev–Trinajstić information content (AvgIpc) is 2.62. The Bertz CT molecular complexity index is 684. The third-order valence-corrected chi connectivity index (χ3v) is 4.36. The van der Waals surface area contributed by atoms with Crippen molar-refractivity contribution in [3.63, 3.8) is 0 Å². The molecule has 1 aliphatic heterocycles. The van der Waals surface area contributed by atoms with Gasteiger partial charge in [-0.25, -0.2) is 4.79 Å². The first-order valence-corrected chi connectivity index (χ1v) is 8.70. The number of aliphatic hydroxyl groups is 1. The molecule has 2 aromatic carbocycles. The lowest BCUT2D eigenvalue weighted by Crippen LogP contribution is -2.45. The molecular formula is C21H24O4. The number of ether oxygens (including phenoxy) is 2.